The van der Waals surface area contributed by atoms with Gasteiger partial charge in [0.25, 0.3) is 0 Å². The van der Waals surface area contributed by atoms with Gasteiger partial charge in [-0.05, 0) is 31.5 Å². The Balaban J connectivity index is 2.60. The number of hydrogen-bond acceptors (Lipinski definition) is 2. The number of anilines is 1. The van der Waals surface area contributed by atoms with Crippen LogP contribution in [0.3, 0.4) is 0 Å². The van der Waals surface area contributed by atoms with Gasteiger partial charge in [-0.2, -0.15) is 0 Å². The van der Waals surface area contributed by atoms with Crippen molar-refractivity contribution in [1.82, 2.24) is 5.32 Å². The monoisotopic (exact) mass is 221 g/mol. The topological polar surface area (TPSA) is 84.2 Å². The third-order valence-corrected chi connectivity index (χ3v) is 2.04. The number of nitrogens with one attached hydrogen (secondary N) is 2. The molecule has 16 heavy (non-hydrogen) atoms. The minimum Gasteiger partial charge on any atom is -0.352 e. The predicted octanol–water partition coefficient (Wildman–Crippen LogP) is 0.990. The van der Waals surface area contributed by atoms with Gasteiger partial charge in [-0.1, -0.05) is 12.1 Å². The second-order valence-electron chi connectivity index (χ2n) is 3.59. The first kappa shape index (κ1) is 12.0. The summed E-state index contributed by atoms with van der Waals surface area (Å²) in [5, 5.41) is 4.98. The van der Waals surface area contributed by atoms with E-state index in [1.54, 1.807) is 13.0 Å². The first-order valence-electron chi connectivity index (χ1n) is 4.92. The van der Waals surface area contributed by atoms with Crippen molar-refractivity contribution in [3.8, 4) is 0 Å². The van der Waals surface area contributed by atoms with Gasteiger partial charge in [0.1, 0.15) is 6.04 Å². The number of rotatable bonds is 3. The molecule has 1 aromatic carbocycles. The molecule has 0 fully saturated rings. The van der Waals surface area contributed by atoms with Crippen molar-refractivity contribution in [3.63, 3.8) is 0 Å². The van der Waals surface area contributed by atoms with Crippen LogP contribution >= 0.6 is 0 Å². The maximum Gasteiger partial charge on any atom is 0.312 e. The van der Waals surface area contributed by atoms with Crippen molar-refractivity contribution >= 4 is 17.6 Å². The quantitative estimate of drug-likeness (QED) is 0.711. The van der Waals surface area contributed by atoms with Gasteiger partial charge in [-0.25, -0.2) is 4.79 Å². The number of hydrogen-bond donors (Lipinski definition) is 3. The van der Waals surface area contributed by atoms with Gasteiger partial charge in [0.05, 0.1) is 0 Å². The summed E-state index contributed by atoms with van der Waals surface area (Å²) in [5.74, 6) is -0.301. The van der Waals surface area contributed by atoms with Crippen LogP contribution in [0.2, 0.25) is 0 Å². The molecule has 1 atom stereocenters. The molecule has 0 bridgehead atoms. The summed E-state index contributed by atoms with van der Waals surface area (Å²) >= 11 is 0. The molecule has 3 amide bonds. The molecule has 0 aliphatic rings. The number of amides is 3. The van der Waals surface area contributed by atoms with E-state index in [2.05, 4.69) is 10.6 Å². The zero-order chi connectivity index (χ0) is 12.1. The van der Waals surface area contributed by atoms with E-state index in [9.17, 15) is 9.59 Å². The first-order chi connectivity index (χ1) is 7.49. The summed E-state index contributed by atoms with van der Waals surface area (Å²) in [6, 6.07) is 6.03. The van der Waals surface area contributed by atoms with E-state index in [1.807, 2.05) is 25.1 Å². The standard InChI is InChI=1S/C11H15N3O2/c1-7-4-3-5-9(6-7)14-10(15)8(2)13-11(12)16/h3-6,8H,1-2H3,(H,14,15)(H3,12,13,16)/t8-/m1/s1. The van der Waals surface area contributed by atoms with E-state index in [1.165, 1.54) is 0 Å². The fraction of sp³-hybridized carbons (Fsp3) is 0.273. The number of carbonyl (C=O) groups excluding carboxylic acids is 2. The van der Waals surface area contributed by atoms with Crippen LogP contribution in [-0.4, -0.2) is 18.0 Å². The molecular weight excluding hydrogens is 206 g/mol. The normalized spacial score (nSPS) is 11.6. The maximum atomic E-state index is 11.6. The van der Waals surface area contributed by atoms with Gasteiger partial charge in [0.15, 0.2) is 0 Å². The lowest BCUT2D eigenvalue weighted by Gasteiger charge is -2.12. The molecule has 0 saturated carbocycles. The summed E-state index contributed by atoms with van der Waals surface area (Å²) in [6.45, 7) is 3.50. The van der Waals surface area contributed by atoms with Crippen LogP contribution in [0.25, 0.3) is 0 Å². The van der Waals surface area contributed by atoms with Crippen LogP contribution in [0.15, 0.2) is 24.3 Å². The summed E-state index contributed by atoms with van der Waals surface area (Å²) in [6.07, 6.45) is 0. The summed E-state index contributed by atoms with van der Waals surface area (Å²) < 4.78 is 0. The number of benzene rings is 1. The van der Waals surface area contributed by atoms with E-state index in [0.717, 1.165) is 5.56 Å². The summed E-state index contributed by atoms with van der Waals surface area (Å²) in [4.78, 5) is 22.1. The van der Waals surface area contributed by atoms with Gasteiger partial charge in [0, 0.05) is 5.69 Å². The Hall–Kier alpha value is -2.04. The number of carbonyl (C=O) groups is 2. The third-order valence-electron chi connectivity index (χ3n) is 2.04. The number of primary amides is 1. The van der Waals surface area contributed by atoms with Crippen molar-refractivity contribution in [2.75, 3.05) is 5.32 Å². The Kier molecular flexibility index (Phi) is 3.88. The molecule has 0 aromatic heterocycles. The number of nitrogens with two attached hydrogens (primary N) is 1. The van der Waals surface area contributed by atoms with Crippen LogP contribution in [0.1, 0.15) is 12.5 Å². The van der Waals surface area contributed by atoms with Gasteiger partial charge in [-0.3, -0.25) is 4.79 Å². The highest BCUT2D eigenvalue weighted by Crippen LogP contribution is 2.09. The van der Waals surface area contributed by atoms with E-state index in [4.69, 9.17) is 5.73 Å². The van der Waals surface area contributed by atoms with Crippen LogP contribution < -0.4 is 16.4 Å². The Labute approximate surface area is 94.0 Å². The van der Waals surface area contributed by atoms with E-state index < -0.39 is 12.1 Å². The molecule has 0 radical (unpaired) electrons. The number of aryl methyl sites for hydroxylation is 1. The summed E-state index contributed by atoms with van der Waals surface area (Å²) in [7, 11) is 0. The Morgan fingerprint density at radius 1 is 1.38 bits per heavy atom. The molecule has 0 heterocycles. The second kappa shape index (κ2) is 5.16. The van der Waals surface area contributed by atoms with Crippen molar-refractivity contribution < 1.29 is 9.59 Å². The van der Waals surface area contributed by atoms with Crippen molar-refractivity contribution in [1.29, 1.82) is 0 Å². The van der Waals surface area contributed by atoms with Gasteiger partial charge < -0.3 is 16.4 Å². The largest absolute Gasteiger partial charge is 0.352 e. The van der Waals surface area contributed by atoms with Crippen molar-refractivity contribution in [2.45, 2.75) is 19.9 Å². The van der Waals surface area contributed by atoms with Crippen molar-refractivity contribution in [3.05, 3.63) is 29.8 Å². The van der Waals surface area contributed by atoms with Gasteiger partial charge in [0.2, 0.25) is 5.91 Å². The van der Waals surface area contributed by atoms with E-state index >= 15 is 0 Å². The minimum atomic E-state index is -0.716. The molecule has 1 rings (SSSR count). The zero-order valence-electron chi connectivity index (χ0n) is 9.28. The smallest absolute Gasteiger partial charge is 0.312 e. The maximum absolute atomic E-state index is 11.6. The highest BCUT2D eigenvalue weighted by Gasteiger charge is 2.13. The average Bonchev–Trinajstić information content (AvgIpc) is 2.16. The molecule has 5 nitrogen and oxygen atoms in total. The fourth-order valence-electron chi connectivity index (χ4n) is 1.25. The lowest BCUT2D eigenvalue weighted by Crippen LogP contribution is -2.44. The molecule has 0 aliphatic carbocycles. The fourth-order valence-corrected chi connectivity index (χ4v) is 1.25. The zero-order valence-corrected chi connectivity index (χ0v) is 9.28. The van der Waals surface area contributed by atoms with E-state index in [0.29, 0.717) is 5.69 Å². The highest BCUT2D eigenvalue weighted by molar-refractivity contribution is 5.96. The molecule has 0 unspecified atom stereocenters. The second-order valence-corrected chi connectivity index (χ2v) is 3.59. The van der Waals surface area contributed by atoms with Crippen LogP contribution in [0, 0.1) is 6.92 Å². The molecule has 0 spiro atoms. The first-order valence-corrected chi connectivity index (χ1v) is 4.92. The average molecular weight is 221 g/mol. The van der Waals surface area contributed by atoms with Crippen LogP contribution in [-0.2, 0) is 4.79 Å². The molecule has 1 aromatic rings. The van der Waals surface area contributed by atoms with Gasteiger partial charge in [-0.15, -0.1) is 0 Å². The molecular formula is C11H15N3O2. The predicted molar refractivity (Wildman–Crippen MR) is 62.0 cm³/mol. The molecule has 0 aliphatic heterocycles. The Bertz CT molecular complexity index is 404. The Morgan fingerprint density at radius 3 is 2.62 bits per heavy atom. The molecule has 5 heteroatoms. The van der Waals surface area contributed by atoms with E-state index in [-0.39, 0.29) is 5.91 Å². The Morgan fingerprint density at radius 2 is 2.06 bits per heavy atom. The van der Waals surface area contributed by atoms with Crippen LogP contribution in [0.4, 0.5) is 10.5 Å². The molecule has 86 valence electrons. The van der Waals surface area contributed by atoms with Gasteiger partial charge >= 0.3 is 6.03 Å². The SMILES string of the molecule is Cc1cccc(NC(=O)[C@@H](C)NC(N)=O)c1. The molecule has 0 saturated heterocycles. The van der Waals surface area contributed by atoms with Crippen molar-refractivity contribution in [2.24, 2.45) is 5.73 Å². The highest BCUT2D eigenvalue weighted by atomic mass is 16.2. The lowest BCUT2D eigenvalue weighted by molar-refractivity contribution is -0.117. The van der Waals surface area contributed by atoms with Crippen LogP contribution in [0.5, 0.6) is 0 Å². The molecule has 4 N–H and O–H groups in total. The lowest BCUT2D eigenvalue weighted by atomic mass is 10.2. The minimum absolute atomic E-state index is 0.301. The number of urea groups is 1. The third kappa shape index (κ3) is 3.61. The summed E-state index contributed by atoms with van der Waals surface area (Å²) in [5.41, 5.74) is 6.67.